The van der Waals surface area contributed by atoms with Gasteiger partial charge in [-0.2, -0.15) is 0 Å². The van der Waals surface area contributed by atoms with E-state index in [2.05, 4.69) is 4.90 Å². The Hall–Kier alpha value is -1.52. The average molecular weight is 305 g/mol. The first-order valence-corrected chi connectivity index (χ1v) is 7.63. The van der Waals surface area contributed by atoms with Crippen molar-refractivity contribution in [2.45, 2.75) is 36.5 Å². The summed E-state index contributed by atoms with van der Waals surface area (Å²) in [5.74, 6) is -0.727. The summed E-state index contributed by atoms with van der Waals surface area (Å²) in [5, 5.41) is 4.79. The molecule has 0 aromatic heterocycles. The van der Waals surface area contributed by atoms with E-state index in [1.807, 2.05) is 13.1 Å². The fourth-order valence-corrected chi connectivity index (χ4v) is 4.84. The lowest BCUT2D eigenvalue weighted by Gasteiger charge is -2.56. The van der Waals surface area contributed by atoms with E-state index in [4.69, 9.17) is 21.5 Å². The molecule has 2 aliphatic heterocycles. The topological polar surface area (TPSA) is 41.9 Å². The first-order valence-electron chi connectivity index (χ1n) is 10.5. The van der Waals surface area contributed by atoms with Crippen LogP contribution in [0.1, 0.15) is 24.4 Å². The molecule has 4 aliphatic rings. The molecule has 0 radical (unpaired) electrons. The number of nitrogens with zero attached hydrogens (tertiary/aromatic N) is 1. The third-order valence-corrected chi connectivity index (χ3v) is 5.81. The standard InChI is InChI=1S/C18H21NO3/c1-19-8-7-18-11-4-5-13(20)17(18)22-16-14(21-2)6-3-10(15(16)18)9-12(11)19/h3-6,11-13,17,20H,7-9H2,1-2H3/t11-,12+,13?,17?,18-/m0/s1/i2D3,11D,13D,20D. The van der Waals surface area contributed by atoms with Crippen LogP contribution in [0.2, 0.25) is 0 Å². The minimum atomic E-state index is -2.65. The lowest BCUT2D eigenvalue weighted by atomic mass is 9.53. The van der Waals surface area contributed by atoms with Crippen molar-refractivity contribution in [2.75, 3.05) is 20.6 Å². The molecule has 4 heteroatoms. The molecule has 1 spiro atoms. The molecule has 0 saturated carbocycles. The number of hydrogen-bond donors (Lipinski definition) is 1. The van der Waals surface area contributed by atoms with Crippen LogP contribution in [0.15, 0.2) is 24.3 Å². The normalized spacial score (nSPS) is 52.2. The van der Waals surface area contributed by atoms with Gasteiger partial charge in [0.15, 0.2) is 11.5 Å². The number of likely N-dealkylation sites (tertiary alicyclic amines) is 1. The van der Waals surface area contributed by atoms with Gasteiger partial charge >= 0.3 is 0 Å². The lowest BCUT2D eigenvalue weighted by Crippen LogP contribution is -2.64. The lowest BCUT2D eigenvalue weighted by molar-refractivity contribution is -0.0453. The van der Waals surface area contributed by atoms with Crippen LogP contribution in [0.4, 0.5) is 0 Å². The molecule has 1 saturated heterocycles. The van der Waals surface area contributed by atoms with Crippen molar-refractivity contribution in [3.63, 3.8) is 0 Å². The van der Waals surface area contributed by atoms with Gasteiger partial charge in [-0.05, 0) is 38.1 Å². The molecule has 22 heavy (non-hydrogen) atoms. The molecule has 116 valence electrons. The molecule has 4 nitrogen and oxygen atoms in total. The van der Waals surface area contributed by atoms with Crippen LogP contribution >= 0.6 is 0 Å². The maximum Gasteiger partial charge on any atom is 0.211 e. The zero-order valence-electron chi connectivity index (χ0n) is 18.3. The number of likely N-dealkylation sites (N-methyl/N-ethyl adjacent to an activating group) is 1. The molecule has 2 aliphatic carbocycles. The highest BCUT2D eigenvalue weighted by molar-refractivity contribution is 5.62. The van der Waals surface area contributed by atoms with Crippen molar-refractivity contribution in [3.8, 4) is 11.5 Å². The van der Waals surface area contributed by atoms with Crippen molar-refractivity contribution in [3.05, 3.63) is 35.4 Å². The van der Waals surface area contributed by atoms with Gasteiger partial charge in [0.05, 0.1) is 12.5 Å². The van der Waals surface area contributed by atoms with Gasteiger partial charge in [-0.15, -0.1) is 0 Å². The highest BCUT2D eigenvalue weighted by Crippen LogP contribution is 2.62. The quantitative estimate of drug-likeness (QED) is 0.841. The van der Waals surface area contributed by atoms with E-state index in [9.17, 15) is 1.37 Å². The minimum absolute atomic E-state index is 0.0783. The molecule has 5 rings (SSSR count). The predicted molar refractivity (Wildman–Crippen MR) is 82.5 cm³/mol. The van der Waals surface area contributed by atoms with Crippen molar-refractivity contribution in [1.82, 2.24) is 4.90 Å². The fraction of sp³-hybridized carbons (Fsp3) is 0.556. The van der Waals surface area contributed by atoms with Crippen LogP contribution < -0.4 is 9.47 Å². The third-order valence-electron chi connectivity index (χ3n) is 5.81. The van der Waals surface area contributed by atoms with E-state index in [-0.39, 0.29) is 17.5 Å². The van der Waals surface area contributed by atoms with Crippen LogP contribution in [0.25, 0.3) is 0 Å². The molecular formula is C18H21NO3. The number of benzene rings is 1. The zero-order chi connectivity index (χ0) is 20.1. The van der Waals surface area contributed by atoms with Gasteiger partial charge < -0.3 is 19.5 Å². The molecule has 1 fully saturated rings. The molecule has 1 N–H and O–H groups in total. The summed E-state index contributed by atoms with van der Waals surface area (Å²) in [6.07, 6.45) is 1.54. The third kappa shape index (κ3) is 1.28. The molecule has 2 bridgehead atoms. The fourth-order valence-electron chi connectivity index (χ4n) is 4.84. The largest absolute Gasteiger partial charge is 0.493 e. The van der Waals surface area contributed by atoms with Gasteiger partial charge in [0.25, 0.3) is 0 Å². The average Bonchev–Trinajstić information content (AvgIpc) is 2.98. The SMILES string of the molecule is [2H]OC1([2H])C=C[C@@]2([2H])[C@H]3Cc4ccc(OC([2H])([2H])[2H])c5c4[C@@]2(CCN3C)C1O5. The Balaban J connectivity index is 1.80. The smallest absolute Gasteiger partial charge is 0.211 e. The number of ether oxygens (including phenoxy) is 2. The number of aliphatic hydroxyl groups is 1. The van der Waals surface area contributed by atoms with Gasteiger partial charge in [0.2, 0.25) is 1.43 Å². The molecule has 0 amide bonds. The van der Waals surface area contributed by atoms with Crippen LogP contribution in [-0.4, -0.2) is 50.3 Å². The second-order valence-corrected chi connectivity index (χ2v) is 6.64. The van der Waals surface area contributed by atoms with Crippen molar-refractivity contribution < 1.29 is 21.4 Å². The van der Waals surface area contributed by atoms with Gasteiger partial charge in [-0.25, -0.2) is 0 Å². The molecule has 2 unspecified atom stereocenters. The van der Waals surface area contributed by atoms with E-state index in [0.717, 1.165) is 11.1 Å². The summed E-state index contributed by atoms with van der Waals surface area (Å²) >= 11 is 0. The Morgan fingerprint density at radius 3 is 3.36 bits per heavy atom. The van der Waals surface area contributed by atoms with Gasteiger partial charge in [-0.3, -0.25) is 0 Å². The summed E-state index contributed by atoms with van der Waals surface area (Å²) in [6, 6.07) is 3.30. The Morgan fingerprint density at radius 2 is 2.50 bits per heavy atom. The van der Waals surface area contributed by atoms with Gasteiger partial charge in [0.1, 0.15) is 12.2 Å². The number of methoxy groups -OCH3 is 1. The summed E-state index contributed by atoms with van der Waals surface area (Å²) in [6.45, 7) is 0.705. The van der Waals surface area contributed by atoms with Crippen LogP contribution in [0, 0.1) is 5.89 Å². The van der Waals surface area contributed by atoms with E-state index in [1.165, 1.54) is 6.08 Å². The Labute approximate surface area is 138 Å². The molecular weight excluding hydrogens is 278 g/mol. The molecule has 5 atom stereocenters. The number of piperidine rings is 1. The maximum absolute atomic E-state index is 9.45. The summed E-state index contributed by atoms with van der Waals surface area (Å²) in [4.78, 5) is 2.16. The molecule has 2 heterocycles. The highest BCUT2D eigenvalue weighted by atomic mass is 16.5. The summed E-state index contributed by atoms with van der Waals surface area (Å²) in [7, 11) is -0.655. The molecule has 1 aromatic rings. The monoisotopic (exact) mass is 305 g/mol. The zero-order valence-corrected chi connectivity index (χ0v) is 12.3. The van der Waals surface area contributed by atoms with Crippen LogP contribution in [0.5, 0.6) is 11.5 Å². The highest BCUT2D eigenvalue weighted by Gasteiger charge is 2.64. The summed E-state index contributed by atoms with van der Waals surface area (Å²) in [5.41, 5.74) is 0.813. The Morgan fingerprint density at radius 1 is 1.55 bits per heavy atom. The Bertz CT molecular complexity index is 891. The number of rotatable bonds is 2. The van der Waals surface area contributed by atoms with E-state index in [1.54, 1.807) is 12.1 Å². The van der Waals surface area contributed by atoms with E-state index >= 15 is 0 Å². The van der Waals surface area contributed by atoms with Gasteiger partial charge in [-0.1, -0.05) is 18.2 Å². The molecule has 1 aromatic carbocycles. The van der Waals surface area contributed by atoms with Gasteiger partial charge in [0, 0.05) is 24.3 Å². The van der Waals surface area contributed by atoms with E-state index in [0.29, 0.717) is 19.4 Å². The Kier molecular flexibility index (Phi) is 1.54. The van der Waals surface area contributed by atoms with Crippen LogP contribution in [0.3, 0.4) is 0 Å². The summed E-state index contributed by atoms with van der Waals surface area (Å²) < 4.78 is 59.4. The predicted octanol–water partition coefficient (Wildman–Crippen LogP) is 1.50. The minimum Gasteiger partial charge on any atom is -0.493 e. The maximum atomic E-state index is 9.45. The van der Waals surface area contributed by atoms with E-state index < -0.39 is 30.5 Å². The van der Waals surface area contributed by atoms with Crippen molar-refractivity contribution >= 4 is 0 Å². The second-order valence-electron chi connectivity index (χ2n) is 6.64. The first kappa shape index (κ1) is 8.37. The van der Waals surface area contributed by atoms with Crippen LogP contribution in [-0.2, 0) is 11.8 Å². The number of hydrogen-bond acceptors (Lipinski definition) is 4. The second kappa shape index (κ2) is 4.06. The van der Waals surface area contributed by atoms with Crippen molar-refractivity contribution in [1.29, 1.82) is 1.43 Å². The van der Waals surface area contributed by atoms with Crippen molar-refractivity contribution in [2.24, 2.45) is 5.89 Å². The first-order chi connectivity index (χ1) is 13.1.